The molecule has 14 heavy (non-hydrogen) atoms. The summed E-state index contributed by atoms with van der Waals surface area (Å²) in [7, 11) is 0. The van der Waals surface area contributed by atoms with Crippen molar-refractivity contribution in [3.63, 3.8) is 0 Å². The molecule has 1 unspecified atom stereocenters. The third-order valence-corrected chi connectivity index (χ3v) is 1.46. The third kappa shape index (κ3) is 7.40. The van der Waals surface area contributed by atoms with E-state index in [0.29, 0.717) is 0 Å². The molecular weight excluding hydrogens is 197 g/mol. The van der Waals surface area contributed by atoms with Crippen LogP contribution in [0.4, 0.5) is 13.2 Å². The van der Waals surface area contributed by atoms with Crippen LogP contribution in [0.15, 0.2) is 0 Å². The molecule has 0 aliphatic carbocycles. The van der Waals surface area contributed by atoms with Crippen molar-refractivity contribution in [2.75, 3.05) is 6.54 Å². The summed E-state index contributed by atoms with van der Waals surface area (Å²) in [6.45, 7) is 1.66. The number of alkyl halides is 3. The topological polar surface area (TPSA) is 52.9 Å². The van der Waals surface area contributed by atoms with Gasteiger partial charge in [-0.15, -0.1) is 0 Å². The average Bonchev–Trinajstić information content (AvgIpc) is 2.09. The van der Waals surface area contributed by atoms with Crippen molar-refractivity contribution in [2.24, 2.45) is 5.92 Å². The molecule has 0 saturated carbocycles. The molecule has 6 heteroatoms. The fraction of sp³-hybridized carbons (Fsp3) is 0.750. The second kappa shape index (κ2) is 5.47. The van der Waals surface area contributed by atoms with Gasteiger partial charge < -0.3 is 5.32 Å². The monoisotopic (exact) mass is 208 g/mol. The second-order valence-electron chi connectivity index (χ2n) is 2.95. The van der Waals surface area contributed by atoms with E-state index in [1.54, 1.807) is 6.92 Å². The Hall–Kier alpha value is -1.25. The molecular formula is C8H11F3N2O. The van der Waals surface area contributed by atoms with E-state index in [9.17, 15) is 18.0 Å². The van der Waals surface area contributed by atoms with E-state index in [4.69, 9.17) is 5.26 Å². The maximum absolute atomic E-state index is 11.6. The predicted octanol–water partition coefficient (Wildman–Crippen LogP) is 1.60. The van der Waals surface area contributed by atoms with Gasteiger partial charge in [-0.1, -0.05) is 0 Å². The van der Waals surface area contributed by atoms with Crippen molar-refractivity contribution in [3.8, 4) is 6.07 Å². The first kappa shape index (κ1) is 12.8. The highest BCUT2D eigenvalue weighted by atomic mass is 19.4. The van der Waals surface area contributed by atoms with Crippen LogP contribution >= 0.6 is 0 Å². The maximum atomic E-state index is 11.6. The largest absolute Gasteiger partial charge is 0.389 e. The SMILES string of the molecule is CC(C#N)CNC(=O)CCC(F)(F)F. The van der Waals surface area contributed by atoms with Crippen LogP contribution in [0.5, 0.6) is 0 Å². The molecule has 1 N–H and O–H groups in total. The molecule has 0 aliphatic rings. The van der Waals surface area contributed by atoms with Gasteiger partial charge in [-0.25, -0.2) is 0 Å². The van der Waals surface area contributed by atoms with Crippen molar-refractivity contribution in [1.29, 1.82) is 5.26 Å². The van der Waals surface area contributed by atoms with E-state index < -0.39 is 24.9 Å². The molecule has 0 aromatic rings. The standard InChI is InChI=1S/C8H11F3N2O/c1-6(4-12)5-13-7(14)2-3-8(9,10)11/h6H,2-3,5H2,1H3,(H,13,14). The molecule has 0 spiro atoms. The Morgan fingerprint density at radius 1 is 1.57 bits per heavy atom. The first-order valence-corrected chi connectivity index (χ1v) is 4.08. The highest BCUT2D eigenvalue weighted by Crippen LogP contribution is 2.20. The Kier molecular flexibility index (Phi) is 4.99. The number of hydrogen-bond acceptors (Lipinski definition) is 2. The van der Waals surface area contributed by atoms with Gasteiger partial charge in [0.15, 0.2) is 0 Å². The van der Waals surface area contributed by atoms with E-state index in [1.165, 1.54) is 0 Å². The molecule has 0 radical (unpaired) electrons. The number of amides is 1. The van der Waals surface area contributed by atoms with Crippen LogP contribution in [-0.4, -0.2) is 18.6 Å². The van der Waals surface area contributed by atoms with E-state index in [0.717, 1.165) is 0 Å². The minimum absolute atomic E-state index is 0.0905. The lowest BCUT2D eigenvalue weighted by molar-refractivity contribution is -0.144. The van der Waals surface area contributed by atoms with Crippen molar-refractivity contribution in [1.82, 2.24) is 5.32 Å². The van der Waals surface area contributed by atoms with Crippen LogP contribution < -0.4 is 5.32 Å². The normalized spacial score (nSPS) is 13.1. The lowest BCUT2D eigenvalue weighted by Gasteiger charge is -2.07. The van der Waals surface area contributed by atoms with Gasteiger partial charge in [-0.2, -0.15) is 18.4 Å². The molecule has 0 heterocycles. The quantitative estimate of drug-likeness (QED) is 0.762. The highest BCUT2D eigenvalue weighted by Gasteiger charge is 2.27. The zero-order valence-electron chi connectivity index (χ0n) is 7.69. The molecule has 1 amide bonds. The average molecular weight is 208 g/mol. The minimum atomic E-state index is -4.31. The summed E-state index contributed by atoms with van der Waals surface area (Å²) >= 11 is 0. The van der Waals surface area contributed by atoms with Gasteiger partial charge in [0.25, 0.3) is 0 Å². The smallest absolute Gasteiger partial charge is 0.355 e. The van der Waals surface area contributed by atoms with Gasteiger partial charge in [0.2, 0.25) is 5.91 Å². The van der Waals surface area contributed by atoms with Crippen LogP contribution in [0, 0.1) is 17.2 Å². The van der Waals surface area contributed by atoms with Gasteiger partial charge in [0.05, 0.1) is 18.4 Å². The molecule has 0 aromatic carbocycles. The summed E-state index contributed by atoms with van der Waals surface area (Å²) < 4.78 is 34.9. The number of nitrogens with one attached hydrogen (secondary N) is 1. The summed E-state index contributed by atoms with van der Waals surface area (Å²) in [6, 6.07) is 1.86. The number of carbonyl (C=O) groups is 1. The molecule has 3 nitrogen and oxygen atoms in total. The molecule has 0 saturated heterocycles. The Morgan fingerprint density at radius 3 is 2.57 bits per heavy atom. The lowest BCUT2D eigenvalue weighted by atomic mass is 10.2. The number of nitrogens with zero attached hydrogens (tertiary/aromatic N) is 1. The van der Waals surface area contributed by atoms with Crippen molar-refractivity contribution in [2.45, 2.75) is 25.9 Å². The Bertz CT molecular complexity index is 232. The molecule has 0 rings (SSSR count). The van der Waals surface area contributed by atoms with E-state index in [-0.39, 0.29) is 12.5 Å². The number of hydrogen-bond donors (Lipinski definition) is 1. The molecule has 0 aliphatic heterocycles. The summed E-state index contributed by atoms with van der Waals surface area (Å²) in [5.74, 6) is -1.06. The summed E-state index contributed by atoms with van der Waals surface area (Å²) in [6.07, 6.45) is -6.01. The fourth-order valence-electron chi connectivity index (χ4n) is 0.656. The Labute approximate surface area is 79.9 Å². The number of carbonyl (C=O) groups excluding carboxylic acids is 1. The molecule has 0 bridgehead atoms. The first-order valence-electron chi connectivity index (χ1n) is 4.08. The van der Waals surface area contributed by atoms with Crippen molar-refractivity contribution in [3.05, 3.63) is 0 Å². The summed E-state index contributed by atoms with van der Waals surface area (Å²) in [5.41, 5.74) is 0. The van der Waals surface area contributed by atoms with Gasteiger partial charge in [-0.3, -0.25) is 4.79 Å². The zero-order chi connectivity index (χ0) is 11.2. The van der Waals surface area contributed by atoms with Crippen molar-refractivity contribution < 1.29 is 18.0 Å². The van der Waals surface area contributed by atoms with Gasteiger partial charge >= 0.3 is 6.18 Å². The number of halogens is 3. The lowest BCUT2D eigenvalue weighted by Crippen LogP contribution is -2.28. The van der Waals surface area contributed by atoms with Crippen LogP contribution in [0.1, 0.15) is 19.8 Å². The summed E-state index contributed by atoms with van der Waals surface area (Å²) in [4.78, 5) is 10.8. The van der Waals surface area contributed by atoms with Crippen LogP contribution in [0.25, 0.3) is 0 Å². The van der Waals surface area contributed by atoms with Crippen LogP contribution in [0.3, 0.4) is 0 Å². The Morgan fingerprint density at radius 2 is 2.14 bits per heavy atom. The summed E-state index contributed by atoms with van der Waals surface area (Å²) in [5, 5.41) is 10.6. The predicted molar refractivity (Wildman–Crippen MR) is 43.1 cm³/mol. The molecule has 1 atom stereocenters. The van der Waals surface area contributed by atoms with Gasteiger partial charge in [0, 0.05) is 13.0 Å². The molecule has 0 fully saturated rings. The minimum Gasteiger partial charge on any atom is -0.355 e. The molecule has 0 aromatic heterocycles. The zero-order valence-corrected chi connectivity index (χ0v) is 7.69. The van der Waals surface area contributed by atoms with Crippen LogP contribution in [0.2, 0.25) is 0 Å². The highest BCUT2D eigenvalue weighted by molar-refractivity contribution is 5.75. The fourth-order valence-corrected chi connectivity index (χ4v) is 0.656. The van der Waals surface area contributed by atoms with Crippen LogP contribution in [-0.2, 0) is 4.79 Å². The van der Waals surface area contributed by atoms with E-state index in [2.05, 4.69) is 5.32 Å². The second-order valence-corrected chi connectivity index (χ2v) is 2.95. The third-order valence-electron chi connectivity index (χ3n) is 1.46. The van der Waals surface area contributed by atoms with Crippen molar-refractivity contribution >= 4 is 5.91 Å². The maximum Gasteiger partial charge on any atom is 0.389 e. The molecule has 80 valence electrons. The number of nitriles is 1. The van der Waals surface area contributed by atoms with Gasteiger partial charge in [-0.05, 0) is 6.92 Å². The Balaban J connectivity index is 3.63. The first-order chi connectivity index (χ1) is 6.35. The van der Waals surface area contributed by atoms with E-state index >= 15 is 0 Å². The van der Waals surface area contributed by atoms with E-state index in [1.807, 2.05) is 6.07 Å². The number of rotatable bonds is 4. The van der Waals surface area contributed by atoms with Gasteiger partial charge in [0.1, 0.15) is 0 Å².